The molecule has 2 aromatic rings. The number of ketones is 1. The Morgan fingerprint density at radius 1 is 1.00 bits per heavy atom. The minimum Gasteiger partial charge on any atom is -0.366 e. The van der Waals surface area contributed by atoms with Gasteiger partial charge in [0.05, 0.1) is 10.6 Å². The van der Waals surface area contributed by atoms with Crippen molar-refractivity contribution in [2.75, 3.05) is 37.6 Å². The van der Waals surface area contributed by atoms with Gasteiger partial charge < -0.3 is 9.80 Å². The van der Waals surface area contributed by atoms with E-state index in [1.807, 2.05) is 4.90 Å². The molecule has 3 rings (SSSR count). The minimum atomic E-state index is -3.57. The smallest absolute Gasteiger partial charge is 0.253 e. The van der Waals surface area contributed by atoms with E-state index in [1.165, 1.54) is 37.3 Å². The molecular formula is C21H24FN3O4S. The van der Waals surface area contributed by atoms with E-state index in [1.54, 1.807) is 24.0 Å². The van der Waals surface area contributed by atoms with Crippen molar-refractivity contribution in [3.05, 3.63) is 59.4 Å². The molecule has 1 amide bonds. The van der Waals surface area contributed by atoms with Crippen LogP contribution in [0.2, 0.25) is 0 Å². The number of hydrogen-bond donors (Lipinski definition) is 1. The molecule has 7 nitrogen and oxygen atoms in total. The number of benzene rings is 2. The molecule has 1 fully saturated rings. The molecule has 0 bridgehead atoms. The van der Waals surface area contributed by atoms with Gasteiger partial charge in [-0.1, -0.05) is 6.92 Å². The average molecular weight is 434 g/mol. The summed E-state index contributed by atoms with van der Waals surface area (Å²) in [6.45, 7) is 5.09. The van der Waals surface area contributed by atoms with E-state index >= 15 is 0 Å². The van der Waals surface area contributed by atoms with Gasteiger partial charge in [-0.2, -0.15) is 0 Å². The van der Waals surface area contributed by atoms with Gasteiger partial charge in [-0.3, -0.25) is 9.59 Å². The van der Waals surface area contributed by atoms with Crippen molar-refractivity contribution >= 4 is 27.4 Å². The quantitative estimate of drug-likeness (QED) is 0.707. The Morgan fingerprint density at radius 3 is 2.13 bits per heavy atom. The summed E-state index contributed by atoms with van der Waals surface area (Å²) in [6.07, 6.45) is 0. The highest BCUT2D eigenvalue weighted by Gasteiger charge is 2.24. The fourth-order valence-corrected chi connectivity index (χ4v) is 4.41. The molecule has 1 N–H and O–H groups in total. The minimum absolute atomic E-state index is 0.107. The molecule has 0 atom stereocenters. The second kappa shape index (κ2) is 8.93. The maximum Gasteiger partial charge on any atom is 0.253 e. The summed E-state index contributed by atoms with van der Waals surface area (Å²) in [5.41, 5.74) is 1.13. The molecule has 1 aliphatic rings. The van der Waals surface area contributed by atoms with Crippen molar-refractivity contribution in [3.63, 3.8) is 0 Å². The third-order valence-corrected chi connectivity index (χ3v) is 6.57. The first-order chi connectivity index (χ1) is 14.2. The molecule has 9 heteroatoms. The second-order valence-electron chi connectivity index (χ2n) is 7.03. The molecule has 0 aromatic heterocycles. The standard InChI is InChI=1S/C21H24FN3O4S/c1-3-23-30(28,29)18-7-4-16(5-8-18)21(27)25-12-10-24(11-13-25)20-9-6-17(15(2)26)14-19(20)22/h4-9,14,23H,3,10-13H2,1-2H3. The Hall–Kier alpha value is -2.78. The number of amides is 1. The van der Waals surface area contributed by atoms with Crippen LogP contribution in [0.4, 0.5) is 10.1 Å². The summed E-state index contributed by atoms with van der Waals surface area (Å²) in [5.74, 6) is -0.852. The molecule has 1 aliphatic heterocycles. The van der Waals surface area contributed by atoms with E-state index in [2.05, 4.69) is 4.72 Å². The SMILES string of the molecule is CCNS(=O)(=O)c1ccc(C(=O)N2CCN(c3ccc(C(C)=O)cc3F)CC2)cc1. The zero-order valence-electron chi connectivity index (χ0n) is 16.9. The van der Waals surface area contributed by atoms with E-state index in [0.29, 0.717) is 43.0 Å². The number of Topliss-reactive ketones (excluding diaryl/α,β-unsaturated/α-hetero) is 1. The van der Waals surface area contributed by atoms with Crippen molar-refractivity contribution in [2.45, 2.75) is 18.7 Å². The van der Waals surface area contributed by atoms with Gasteiger partial charge in [0, 0.05) is 43.9 Å². The van der Waals surface area contributed by atoms with Crippen LogP contribution >= 0.6 is 0 Å². The second-order valence-corrected chi connectivity index (χ2v) is 8.79. The molecule has 160 valence electrons. The van der Waals surface area contributed by atoms with Gasteiger partial charge in [0.25, 0.3) is 5.91 Å². The number of carbonyl (C=O) groups is 2. The van der Waals surface area contributed by atoms with Crippen LogP contribution in [0, 0.1) is 5.82 Å². The third-order valence-electron chi connectivity index (χ3n) is 5.01. The monoisotopic (exact) mass is 433 g/mol. The number of nitrogens with one attached hydrogen (secondary N) is 1. The lowest BCUT2D eigenvalue weighted by Crippen LogP contribution is -2.49. The zero-order valence-corrected chi connectivity index (χ0v) is 17.7. The number of carbonyl (C=O) groups excluding carboxylic acids is 2. The van der Waals surface area contributed by atoms with Gasteiger partial charge in [0.2, 0.25) is 10.0 Å². The first-order valence-electron chi connectivity index (χ1n) is 9.67. The van der Waals surface area contributed by atoms with Gasteiger partial charge >= 0.3 is 0 Å². The first kappa shape index (κ1) is 21.9. The number of anilines is 1. The van der Waals surface area contributed by atoms with Crippen LogP contribution in [0.25, 0.3) is 0 Å². The molecule has 1 heterocycles. The van der Waals surface area contributed by atoms with Crippen molar-refractivity contribution in [2.24, 2.45) is 0 Å². The predicted molar refractivity (Wildman–Crippen MR) is 112 cm³/mol. The van der Waals surface area contributed by atoms with Crippen molar-refractivity contribution in [1.29, 1.82) is 0 Å². The third kappa shape index (κ3) is 4.68. The Balaban J connectivity index is 1.65. The molecule has 30 heavy (non-hydrogen) atoms. The molecule has 0 saturated carbocycles. The van der Waals surface area contributed by atoms with Gasteiger partial charge in [-0.25, -0.2) is 17.5 Å². The molecule has 2 aromatic carbocycles. The number of sulfonamides is 1. The highest BCUT2D eigenvalue weighted by Crippen LogP contribution is 2.23. The van der Waals surface area contributed by atoms with Gasteiger partial charge in [0.1, 0.15) is 5.82 Å². The number of halogens is 1. The summed E-state index contributed by atoms with van der Waals surface area (Å²) in [5, 5.41) is 0. The molecular weight excluding hydrogens is 409 g/mol. The highest BCUT2D eigenvalue weighted by molar-refractivity contribution is 7.89. The van der Waals surface area contributed by atoms with Gasteiger partial charge in [-0.15, -0.1) is 0 Å². The summed E-state index contributed by atoms with van der Waals surface area (Å²) >= 11 is 0. The Kier molecular flexibility index (Phi) is 6.52. The summed E-state index contributed by atoms with van der Waals surface area (Å²) < 4.78 is 40.8. The van der Waals surface area contributed by atoms with Crippen LogP contribution in [-0.2, 0) is 10.0 Å². The van der Waals surface area contributed by atoms with Crippen LogP contribution in [0.15, 0.2) is 47.4 Å². The fourth-order valence-electron chi connectivity index (χ4n) is 3.37. The number of hydrogen-bond acceptors (Lipinski definition) is 5. The van der Waals surface area contributed by atoms with E-state index in [9.17, 15) is 22.4 Å². The van der Waals surface area contributed by atoms with Gasteiger partial charge in [-0.05, 0) is 49.4 Å². The Bertz CT molecular complexity index is 1050. The van der Waals surface area contributed by atoms with Crippen molar-refractivity contribution < 1.29 is 22.4 Å². The van der Waals surface area contributed by atoms with Crippen molar-refractivity contribution in [3.8, 4) is 0 Å². The fraction of sp³-hybridized carbons (Fsp3) is 0.333. The highest BCUT2D eigenvalue weighted by atomic mass is 32.2. The van der Waals surface area contributed by atoms with Crippen molar-refractivity contribution in [1.82, 2.24) is 9.62 Å². The average Bonchev–Trinajstić information content (AvgIpc) is 2.73. The summed E-state index contributed by atoms with van der Waals surface area (Å²) in [6, 6.07) is 10.2. The van der Waals surface area contributed by atoms with Crippen LogP contribution in [0.1, 0.15) is 34.6 Å². The number of piperazine rings is 1. The van der Waals surface area contributed by atoms with Crippen LogP contribution in [-0.4, -0.2) is 57.7 Å². The van der Waals surface area contributed by atoms with Crippen LogP contribution < -0.4 is 9.62 Å². The van der Waals surface area contributed by atoms with E-state index in [0.717, 1.165) is 0 Å². The summed E-state index contributed by atoms with van der Waals surface area (Å²) in [7, 11) is -3.57. The Labute approximate surface area is 175 Å². The topological polar surface area (TPSA) is 86.8 Å². The number of nitrogens with zero attached hydrogens (tertiary/aromatic N) is 2. The maximum atomic E-state index is 14.4. The molecule has 0 unspecified atom stereocenters. The van der Waals surface area contributed by atoms with E-state index < -0.39 is 15.8 Å². The lowest BCUT2D eigenvalue weighted by Gasteiger charge is -2.36. The molecule has 0 aliphatic carbocycles. The molecule has 0 radical (unpaired) electrons. The maximum absolute atomic E-state index is 14.4. The van der Waals surface area contributed by atoms with Crippen LogP contribution in [0.5, 0.6) is 0 Å². The summed E-state index contributed by atoms with van der Waals surface area (Å²) in [4.78, 5) is 27.7. The molecule has 0 spiro atoms. The normalized spacial score (nSPS) is 14.6. The Morgan fingerprint density at radius 2 is 1.60 bits per heavy atom. The van der Waals surface area contributed by atoms with E-state index in [4.69, 9.17) is 0 Å². The predicted octanol–water partition coefficient (Wildman–Crippen LogP) is 2.29. The molecule has 1 saturated heterocycles. The van der Waals surface area contributed by atoms with E-state index in [-0.39, 0.29) is 23.1 Å². The van der Waals surface area contributed by atoms with Crippen LogP contribution in [0.3, 0.4) is 0 Å². The first-order valence-corrected chi connectivity index (χ1v) is 11.2. The zero-order chi connectivity index (χ0) is 21.9. The largest absolute Gasteiger partial charge is 0.366 e. The lowest BCUT2D eigenvalue weighted by atomic mass is 10.1. The number of rotatable bonds is 6. The lowest BCUT2D eigenvalue weighted by molar-refractivity contribution is 0.0746. The van der Waals surface area contributed by atoms with Gasteiger partial charge in [0.15, 0.2) is 5.78 Å².